The van der Waals surface area contributed by atoms with Gasteiger partial charge in [-0.15, -0.1) is 0 Å². The highest BCUT2D eigenvalue weighted by atomic mass is 16.5. The Morgan fingerprint density at radius 3 is 3.00 bits per heavy atom. The smallest absolute Gasteiger partial charge is 0.111 e. The number of aryl methyl sites for hydroxylation is 1. The Kier molecular flexibility index (Phi) is 2.88. The molecular weight excluding hydrogens is 202 g/mol. The largest absolute Gasteiger partial charge is 0.384 e. The Balaban J connectivity index is 2.55. The molecule has 2 rings (SSSR count). The number of nitriles is 1. The number of nitrogens with zero attached hydrogens (tertiary/aromatic N) is 3. The first-order valence-electron chi connectivity index (χ1n) is 5.11. The summed E-state index contributed by atoms with van der Waals surface area (Å²) in [5.41, 5.74) is 2.39. The summed E-state index contributed by atoms with van der Waals surface area (Å²) in [7, 11) is 3.63. The number of rotatable bonds is 3. The molecule has 0 saturated heterocycles. The Labute approximate surface area is 94.1 Å². The van der Waals surface area contributed by atoms with Crippen molar-refractivity contribution in [2.45, 2.75) is 6.42 Å². The lowest BCUT2D eigenvalue weighted by molar-refractivity contribution is 0.200. The van der Waals surface area contributed by atoms with Crippen LogP contribution in [-0.2, 0) is 18.2 Å². The van der Waals surface area contributed by atoms with Crippen LogP contribution in [0.3, 0.4) is 0 Å². The maximum atomic E-state index is 8.99. The van der Waals surface area contributed by atoms with Crippen molar-refractivity contribution in [1.29, 1.82) is 5.26 Å². The number of imidazole rings is 1. The zero-order valence-electron chi connectivity index (χ0n) is 9.40. The summed E-state index contributed by atoms with van der Waals surface area (Å²) >= 11 is 0. The third-order valence-electron chi connectivity index (χ3n) is 2.65. The van der Waals surface area contributed by atoms with Gasteiger partial charge in [0.25, 0.3) is 0 Å². The van der Waals surface area contributed by atoms with E-state index in [0.29, 0.717) is 12.2 Å². The zero-order valence-corrected chi connectivity index (χ0v) is 9.40. The van der Waals surface area contributed by atoms with E-state index in [2.05, 4.69) is 11.1 Å². The van der Waals surface area contributed by atoms with Gasteiger partial charge in [-0.2, -0.15) is 5.26 Å². The van der Waals surface area contributed by atoms with Gasteiger partial charge >= 0.3 is 0 Å². The molecule has 82 valence electrons. The van der Waals surface area contributed by atoms with Gasteiger partial charge in [-0.1, -0.05) is 6.07 Å². The van der Waals surface area contributed by atoms with E-state index in [1.54, 1.807) is 13.2 Å². The second-order valence-electron chi connectivity index (χ2n) is 3.61. The van der Waals surface area contributed by atoms with Crippen LogP contribution in [0.1, 0.15) is 11.4 Å². The number of hydrogen-bond donors (Lipinski definition) is 0. The number of benzene rings is 1. The molecule has 0 unspecified atom stereocenters. The number of ether oxygens (including phenoxy) is 1. The first-order valence-corrected chi connectivity index (χ1v) is 5.11. The quantitative estimate of drug-likeness (QED) is 0.782. The lowest BCUT2D eigenvalue weighted by Gasteiger charge is -2.00. The van der Waals surface area contributed by atoms with Gasteiger partial charge in [0, 0.05) is 20.6 Å². The highest BCUT2D eigenvalue weighted by Crippen LogP contribution is 2.18. The van der Waals surface area contributed by atoms with Crippen molar-refractivity contribution < 1.29 is 4.74 Å². The number of hydrogen-bond acceptors (Lipinski definition) is 3. The third kappa shape index (κ3) is 1.66. The predicted octanol–water partition coefficient (Wildman–Crippen LogP) is 1.63. The molecule has 0 spiro atoms. The molecule has 1 aromatic heterocycles. The van der Waals surface area contributed by atoms with Crippen molar-refractivity contribution in [1.82, 2.24) is 9.55 Å². The Morgan fingerprint density at radius 2 is 2.31 bits per heavy atom. The molecule has 0 bridgehead atoms. The van der Waals surface area contributed by atoms with E-state index < -0.39 is 0 Å². The molecule has 0 N–H and O–H groups in total. The minimum absolute atomic E-state index is 0.622. The van der Waals surface area contributed by atoms with E-state index in [1.165, 1.54) is 0 Å². The molecule has 1 aromatic carbocycles. The van der Waals surface area contributed by atoms with Crippen molar-refractivity contribution in [2.24, 2.45) is 7.05 Å². The molecule has 0 atom stereocenters. The van der Waals surface area contributed by atoms with Gasteiger partial charge in [0.15, 0.2) is 0 Å². The molecule has 0 aliphatic rings. The molecule has 0 saturated carbocycles. The van der Waals surface area contributed by atoms with Crippen LogP contribution in [0, 0.1) is 11.3 Å². The summed E-state index contributed by atoms with van der Waals surface area (Å²) < 4.78 is 7.04. The van der Waals surface area contributed by atoms with Crippen molar-refractivity contribution in [3.8, 4) is 6.07 Å². The molecule has 2 aromatic rings. The maximum Gasteiger partial charge on any atom is 0.111 e. The summed E-state index contributed by atoms with van der Waals surface area (Å²) in [4.78, 5) is 4.48. The van der Waals surface area contributed by atoms with Gasteiger partial charge in [0.2, 0.25) is 0 Å². The minimum atomic E-state index is 0.622. The fourth-order valence-electron chi connectivity index (χ4n) is 1.77. The molecule has 0 aliphatic heterocycles. The Bertz CT molecular complexity index is 551. The minimum Gasteiger partial charge on any atom is -0.384 e. The molecular formula is C12H13N3O. The zero-order chi connectivity index (χ0) is 11.5. The van der Waals surface area contributed by atoms with Crippen LogP contribution < -0.4 is 0 Å². The fourth-order valence-corrected chi connectivity index (χ4v) is 1.77. The van der Waals surface area contributed by atoms with Gasteiger partial charge in [0.05, 0.1) is 17.7 Å². The normalized spacial score (nSPS) is 10.6. The molecule has 1 heterocycles. The Morgan fingerprint density at radius 1 is 1.50 bits per heavy atom. The van der Waals surface area contributed by atoms with Gasteiger partial charge in [0.1, 0.15) is 17.4 Å². The fraction of sp³-hybridized carbons (Fsp3) is 0.333. The predicted molar refractivity (Wildman–Crippen MR) is 61.0 cm³/mol. The molecule has 0 amide bonds. The van der Waals surface area contributed by atoms with Crippen LogP contribution in [0.25, 0.3) is 11.0 Å². The van der Waals surface area contributed by atoms with Crippen LogP contribution in [-0.4, -0.2) is 23.3 Å². The van der Waals surface area contributed by atoms with Gasteiger partial charge < -0.3 is 9.30 Å². The van der Waals surface area contributed by atoms with Crippen molar-refractivity contribution in [3.63, 3.8) is 0 Å². The average molecular weight is 215 g/mol. The second kappa shape index (κ2) is 4.33. The molecule has 0 radical (unpaired) electrons. The summed E-state index contributed by atoms with van der Waals surface area (Å²) in [6.07, 6.45) is 0.756. The highest BCUT2D eigenvalue weighted by Gasteiger charge is 2.10. The third-order valence-corrected chi connectivity index (χ3v) is 2.65. The topological polar surface area (TPSA) is 50.8 Å². The van der Waals surface area contributed by atoms with Gasteiger partial charge in [-0.3, -0.25) is 0 Å². The lowest BCUT2D eigenvalue weighted by atomic mass is 10.2. The van der Waals surface area contributed by atoms with E-state index in [0.717, 1.165) is 23.3 Å². The van der Waals surface area contributed by atoms with E-state index in [4.69, 9.17) is 10.00 Å². The molecule has 0 fully saturated rings. The van der Waals surface area contributed by atoms with Gasteiger partial charge in [-0.05, 0) is 12.1 Å². The first-order chi connectivity index (χ1) is 7.77. The number of para-hydroxylation sites is 1. The standard InChI is InChI=1S/C12H13N3O/c1-15-10-5-3-4-9(8-13)12(10)14-11(15)6-7-16-2/h3-5H,6-7H2,1-2H3. The van der Waals surface area contributed by atoms with Crippen molar-refractivity contribution in [3.05, 3.63) is 29.6 Å². The summed E-state index contributed by atoms with van der Waals surface area (Å²) in [6.45, 7) is 0.638. The molecule has 4 nitrogen and oxygen atoms in total. The van der Waals surface area contributed by atoms with E-state index in [1.807, 2.05) is 23.7 Å². The monoisotopic (exact) mass is 215 g/mol. The van der Waals surface area contributed by atoms with E-state index in [9.17, 15) is 0 Å². The van der Waals surface area contributed by atoms with Crippen LogP contribution in [0.4, 0.5) is 0 Å². The van der Waals surface area contributed by atoms with Gasteiger partial charge in [-0.25, -0.2) is 4.98 Å². The summed E-state index contributed by atoms with van der Waals surface area (Å²) in [6, 6.07) is 7.80. The highest BCUT2D eigenvalue weighted by molar-refractivity contribution is 5.82. The SMILES string of the molecule is COCCc1nc2c(C#N)cccc2n1C. The first kappa shape index (κ1) is 10.7. The molecule has 16 heavy (non-hydrogen) atoms. The van der Waals surface area contributed by atoms with E-state index in [-0.39, 0.29) is 0 Å². The number of fused-ring (bicyclic) bond motifs is 1. The summed E-state index contributed by atoms with van der Waals surface area (Å²) in [5.74, 6) is 0.944. The lowest BCUT2D eigenvalue weighted by Crippen LogP contribution is -2.02. The van der Waals surface area contributed by atoms with Crippen LogP contribution in [0.5, 0.6) is 0 Å². The van der Waals surface area contributed by atoms with Crippen LogP contribution in [0.15, 0.2) is 18.2 Å². The number of aromatic nitrogens is 2. The second-order valence-corrected chi connectivity index (χ2v) is 3.61. The summed E-state index contributed by atoms with van der Waals surface area (Å²) in [5, 5.41) is 8.99. The number of methoxy groups -OCH3 is 1. The molecule has 4 heteroatoms. The Hall–Kier alpha value is -1.86. The van der Waals surface area contributed by atoms with Crippen LogP contribution in [0.2, 0.25) is 0 Å². The maximum absolute atomic E-state index is 8.99. The van der Waals surface area contributed by atoms with Crippen molar-refractivity contribution in [2.75, 3.05) is 13.7 Å². The van der Waals surface area contributed by atoms with E-state index >= 15 is 0 Å². The average Bonchev–Trinajstić information content (AvgIpc) is 2.64. The van der Waals surface area contributed by atoms with Crippen molar-refractivity contribution >= 4 is 11.0 Å². The van der Waals surface area contributed by atoms with Crippen LogP contribution >= 0.6 is 0 Å². The molecule has 0 aliphatic carbocycles.